The third-order valence-electron chi connectivity index (χ3n) is 4.16. The third kappa shape index (κ3) is 2.29. The SMILES string of the molecule is CCC1(C(=O)O)CCCN1C(=O)[C@H](N)c1ccccc1. The number of hydrogen-bond acceptors (Lipinski definition) is 3. The van der Waals surface area contributed by atoms with Crippen LogP contribution in [0.4, 0.5) is 0 Å². The Balaban J connectivity index is 2.26. The number of rotatable bonds is 4. The molecule has 1 aliphatic rings. The topological polar surface area (TPSA) is 83.6 Å². The van der Waals surface area contributed by atoms with Crippen LogP contribution in [-0.2, 0) is 9.59 Å². The molecular formula is C15H20N2O3. The van der Waals surface area contributed by atoms with Gasteiger partial charge in [-0.05, 0) is 24.8 Å². The maximum absolute atomic E-state index is 12.6. The van der Waals surface area contributed by atoms with Crippen LogP contribution in [-0.4, -0.2) is 34.0 Å². The van der Waals surface area contributed by atoms with E-state index < -0.39 is 17.6 Å². The summed E-state index contributed by atoms with van der Waals surface area (Å²) in [6.45, 7) is 2.26. The lowest BCUT2D eigenvalue weighted by atomic mass is 9.92. The Kier molecular flexibility index (Phi) is 4.09. The Labute approximate surface area is 118 Å². The van der Waals surface area contributed by atoms with E-state index in [1.54, 1.807) is 19.1 Å². The Morgan fingerprint density at radius 1 is 1.40 bits per heavy atom. The summed E-state index contributed by atoms with van der Waals surface area (Å²) in [7, 11) is 0. The zero-order valence-corrected chi connectivity index (χ0v) is 11.6. The molecular weight excluding hydrogens is 256 g/mol. The van der Waals surface area contributed by atoms with Crippen LogP contribution in [0, 0.1) is 0 Å². The highest BCUT2D eigenvalue weighted by atomic mass is 16.4. The maximum Gasteiger partial charge on any atom is 0.329 e. The number of benzene rings is 1. The minimum Gasteiger partial charge on any atom is -0.479 e. The molecule has 5 nitrogen and oxygen atoms in total. The molecule has 0 aromatic heterocycles. The first-order chi connectivity index (χ1) is 9.53. The molecule has 2 atom stereocenters. The average molecular weight is 276 g/mol. The average Bonchev–Trinajstić information content (AvgIpc) is 2.91. The van der Waals surface area contributed by atoms with Crippen molar-refractivity contribution in [1.82, 2.24) is 4.90 Å². The van der Waals surface area contributed by atoms with Gasteiger partial charge < -0.3 is 15.7 Å². The lowest BCUT2D eigenvalue weighted by molar-refractivity contribution is -0.157. The third-order valence-corrected chi connectivity index (χ3v) is 4.16. The summed E-state index contributed by atoms with van der Waals surface area (Å²) >= 11 is 0. The molecule has 1 saturated heterocycles. The summed E-state index contributed by atoms with van der Waals surface area (Å²) in [5.41, 5.74) is 5.62. The molecule has 1 amide bonds. The highest BCUT2D eigenvalue weighted by molar-refractivity contribution is 5.90. The molecule has 2 rings (SSSR count). The molecule has 3 N–H and O–H groups in total. The lowest BCUT2D eigenvalue weighted by Crippen LogP contribution is -2.54. The zero-order chi connectivity index (χ0) is 14.8. The molecule has 1 heterocycles. The van der Waals surface area contributed by atoms with Crippen molar-refractivity contribution in [2.75, 3.05) is 6.54 Å². The molecule has 1 aromatic carbocycles. The van der Waals surface area contributed by atoms with Crippen LogP contribution in [0.15, 0.2) is 30.3 Å². The van der Waals surface area contributed by atoms with Crippen molar-refractivity contribution in [2.45, 2.75) is 37.8 Å². The van der Waals surface area contributed by atoms with Gasteiger partial charge in [0.1, 0.15) is 11.6 Å². The molecule has 1 aliphatic heterocycles. The summed E-state index contributed by atoms with van der Waals surface area (Å²) in [6.07, 6.45) is 1.59. The van der Waals surface area contributed by atoms with Crippen molar-refractivity contribution in [3.8, 4) is 0 Å². The molecule has 5 heteroatoms. The van der Waals surface area contributed by atoms with Gasteiger partial charge in [0.15, 0.2) is 0 Å². The van der Waals surface area contributed by atoms with Gasteiger partial charge in [0, 0.05) is 6.54 Å². The minimum atomic E-state index is -1.09. The Bertz CT molecular complexity index is 503. The van der Waals surface area contributed by atoms with E-state index >= 15 is 0 Å². The molecule has 0 aliphatic carbocycles. The molecule has 0 bridgehead atoms. The number of amides is 1. The molecule has 1 fully saturated rings. The fraction of sp³-hybridized carbons (Fsp3) is 0.467. The monoisotopic (exact) mass is 276 g/mol. The summed E-state index contributed by atoms with van der Waals surface area (Å²) < 4.78 is 0. The molecule has 1 unspecified atom stereocenters. The molecule has 0 saturated carbocycles. The van der Waals surface area contributed by atoms with Gasteiger partial charge in [-0.15, -0.1) is 0 Å². The summed E-state index contributed by atoms with van der Waals surface area (Å²) in [5.74, 6) is -1.25. The quantitative estimate of drug-likeness (QED) is 0.873. The number of hydrogen-bond donors (Lipinski definition) is 2. The van der Waals surface area contributed by atoms with Crippen LogP contribution < -0.4 is 5.73 Å². The Hall–Kier alpha value is -1.88. The number of carbonyl (C=O) groups is 2. The van der Waals surface area contributed by atoms with Crippen molar-refractivity contribution in [1.29, 1.82) is 0 Å². The normalized spacial score (nSPS) is 23.6. The van der Waals surface area contributed by atoms with Crippen LogP contribution in [0.25, 0.3) is 0 Å². The number of carbonyl (C=O) groups excluding carboxylic acids is 1. The smallest absolute Gasteiger partial charge is 0.329 e. The van der Waals surface area contributed by atoms with E-state index in [0.717, 1.165) is 0 Å². The van der Waals surface area contributed by atoms with E-state index in [-0.39, 0.29) is 5.91 Å². The van der Waals surface area contributed by atoms with Gasteiger partial charge in [-0.1, -0.05) is 37.3 Å². The Morgan fingerprint density at radius 3 is 2.60 bits per heavy atom. The number of carboxylic acids is 1. The first-order valence-electron chi connectivity index (χ1n) is 6.88. The van der Waals surface area contributed by atoms with E-state index in [0.29, 0.717) is 31.4 Å². The molecule has 108 valence electrons. The van der Waals surface area contributed by atoms with Crippen LogP contribution >= 0.6 is 0 Å². The standard InChI is InChI=1S/C15H20N2O3/c1-2-15(14(19)20)9-6-10-17(15)13(18)12(16)11-7-4-3-5-8-11/h3-5,7-8,12H,2,6,9-10,16H2,1H3,(H,19,20)/t12-,15?/m1/s1. The minimum absolute atomic E-state index is 0.307. The molecule has 0 spiro atoms. The van der Waals surface area contributed by atoms with E-state index in [2.05, 4.69) is 0 Å². The predicted octanol–water partition coefficient (Wildman–Crippen LogP) is 1.54. The maximum atomic E-state index is 12.6. The van der Waals surface area contributed by atoms with Gasteiger partial charge in [0.2, 0.25) is 5.91 Å². The van der Waals surface area contributed by atoms with Crippen LogP contribution in [0.2, 0.25) is 0 Å². The largest absolute Gasteiger partial charge is 0.479 e. The van der Waals surface area contributed by atoms with Crippen molar-refractivity contribution in [2.24, 2.45) is 5.73 Å². The van der Waals surface area contributed by atoms with Crippen molar-refractivity contribution in [3.63, 3.8) is 0 Å². The number of carboxylic acid groups (broad SMARTS) is 1. The van der Waals surface area contributed by atoms with Gasteiger partial charge in [-0.25, -0.2) is 4.79 Å². The van der Waals surface area contributed by atoms with Crippen molar-refractivity contribution >= 4 is 11.9 Å². The highest BCUT2D eigenvalue weighted by Gasteiger charge is 2.49. The molecule has 20 heavy (non-hydrogen) atoms. The van der Waals surface area contributed by atoms with Crippen molar-refractivity contribution < 1.29 is 14.7 Å². The second-order valence-electron chi connectivity index (χ2n) is 5.17. The summed E-state index contributed by atoms with van der Waals surface area (Å²) in [5, 5.41) is 9.50. The van der Waals surface area contributed by atoms with E-state index in [9.17, 15) is 14.7 Å². The van der Waals surface area contributed by atoms with Gasteiger partial charge >= 0.3 is 5.97 Å². The fourth-order valence-electron chi connectivity index (χ4n) is 2.91. The second-order valence-corrected chi connectivity index (χ2v) is 5.17. The number of nitrogens with two attached hydrogens (primary N) is 1. The van der Waals surface area contributed by atoms with Gasteiger partial charge in [0.05, 0.1) is 0 Å². The van der Waals surface area contributed by atoms with E-state index in [1.165, 1.54) is 4.90 Å². The fourth-order valence-corrected chi connectivity index (χ4v) is 2.91. The zero-order valence-electron chi connectivity index (χ0n) is 11.6. The highest BCUT2D eigenvalue weighted by Crippen LogP contribution is 2.34. The van der Waals surface area contributed by atoms with Crippen LogP contribution in [0.1, 0.15) is 37.8 Å². The first-order valence-corrected chi connectivity index (χ1v) is 6.88. The number of aliphatic carboxylic acids is 1. The summed E-state index contributed by atoms with van der Waals surface area (Å²) in [4.78, 5) is 25.6. The van der Waals surface area contributed by atoms with E-state index in [1.807, 2.05) is 18.2 Å². The summed E-state index contributed by atoms with van der Waals surface area (Å²) in [6, 6.07) is 8.25. The van der Waals surface area contributed by atoms with Crippen LogP contribution in [0.3, 0.4) is 0 Å². The number of likely N-dealkylation sites (tertiary alicyclic amines) is 1. The molecule has 1 aromatic rings. The Morgan fingerprint density at radius 2 is 2.05 bits per heavy atom. The van der Waals surface area contributed by atoms with Crippen LogP contribution in [0.5, 0.6) is 0 Å². The lowest BCUT2D eigenvalue weighted by Gasteiger charge is -2.35. The van der Waals surface area contributed by atoms with Gasteiger partial charge in [0.25, 0.3) is 0 Å². The van der Waals surface area contributed by atoms with Crippen molar-refractivity contribution in [3.05, 3.63) is 35.9 Å². The molecule has 0 radical (unpaired) electrons. The van der Waals surface area contributed by atoms with E-state index in [4.69, 9.17) is 5.73 Å². The predicted molar refractivity (Wildman–Crippen MR) is 75.0 cm³/mol. The van der Waals surface area contributed by atoms with Gasteiger partial charge in [-0.3, -0.25) is 4.79 Å². The number of nitrogens with zero attached hydrogens (tertiary/aromatic N) is 1. The first kappa shape index (κ1) is 14.5. The van der Waals surface area contributed by atoms with Gasteiger partial charge in [-0.2, -0.15) is 0 Å². The second kappa shape index (κ2) is 5.63.